The first-order valence-electron chi connectivity index (χ1n) is 12.7. The molecular formula is C25H32FN5O9S. The normalized spacial score (nSPS) is 22.0. The summed E-state index contributed by atoms with van der Waals surface area (Å²) < 4.78 is 38.3. The number of esters is 2. The van der Waals surface area contributed by atoms with Crippen LogP contribution in [0, 0.1) is 5.82 Å². The van der Waals surface area contributed by atoms with E-state index in [0.717, 1.165) is 0 Å². The molecule has 1 aromatic carbocycles. The van der Waals surface area contributed by atoms with Crippen LogP contribution in [0.25, 0.3) is 11.3 Å². The summed E-state index contributed by atoms with van der Waals surface area (Å²) in [5.41, 5.74) is 0.882. The summed E-state index contributed by atoms with van der Waals surface area (Å²) in [5.74, 6) is -2.78. The standard InChI is InChI=1S/C25H32FN5O9S/c1-14(32)27-22-24(38-16(3)34)23(37-15(2)33)20(39-25(22)36-10-5-4-9-21(35)40-30-41)13-31-12-19(28-29-31)17-7-6-8-18(26)11-17/h6-8,11-12,20,22-25,30,41H,4-5,9-10,13H2,1-3H3,(H,27,32)/t20?,22-,23-,24?,25+/m0/s1. The Bertz CT molecular complexity index is 1220. The summed E-state index contributed by atoms with van der Waals surface area (Å²) in [7, 11) is 0. The van der Waals surface area contributed by atoms with Crippen LogP contribution in [0.15, 0.2) is 30.5 Å². The molecule has 14 nitrogen and oxygen atoms in total. The number of unbranched alkanes of at least 4 members (excludes halogenated alkanes) is 1. The number of halogens is 1. The lowest BCUT2D eigenvalue weighted by atomic mass is 9.95. The zero-order valence-corrected chi connectivity index (χ0v) is 23.5. The van der Waals surface area contributed by atoms with Gasteiger partial charge in [-0.2, -0.15) is 0 Å². The monoisotopic (exact) mass is 597 g/mol. The molecule has 224 valence electrons. The average Bonchev–Trinajstić information content (AvgIpc) is 3.36. The Morgan fingerprint density at radius 3 is 2.49 bits per heavy atom. The van der Waals surface area contributed by atoms with Gasteiger partial charge >= 0.3 is 17.9 Å². The molecule has 2 N–H and O–H groups in total. The molecule has 2 unspecified atom stereocenters. The number of nitrogens with one attached hydrogen (secondary N) is 2. The number of hydrogen-bond acceptors (Lipinski definition) is 13. The summed E-state index contributed by atoms with van der Waals surface area (Å²) in [6.45, 7) is 3.70. The van der Waals surface area contributed by atoms with Crippen molar-refractivity contribution in [2.45, 2.75) is 77.2 Å². The molecule has 0 radical (unpaired) electrons. The van der Waals surface area contributed by atoms with Gasteiger partial charge in [-0.3, -0.25) is 19.2 Å². The second kappa shape index (κ2) is 15.4. The Morgan fingerprint density at radius 1 is 1.10 bits per heavy atom. The zero-order chi connectivity index (χ0) is 29.9. The molecular weight excluding hydrogens is 565 g/mol. The topological polar surface area (TPSA) is 169 Å². The number of hydrogen-bond donors (Lipinski definition) is 3. The lowest BCUT2D eigenvalue weighted by Gasteiger charge is -2.45. The number of carbonyl (C=O) groups is 4. The summed E-state index contributed by atoms with van der Waals surface area (Å²) in [5, 5.41) is 10.8. The minimum absolute atomic E-state index is 0.0345. The van der Waals surface area contributed by atoms with Crippen LogP contribution in [0.1, 0.15) is 40.0 Å². The fourth-order valence-corrected chi connectivity index (χ4v) is 4.37. The summed E-state index contributed by atoms with van der Waals surface area (Å²) >= 11 is 3.60. The van der Waals surface area contributed by atoms with Gasteiger partial charge in [-0.25, -0.2) is 9.07 Å². The van der Waals surface area contributed by atoms with E-state index in [1.807, 2.05) is 4.89 Å². The van der Waals surface area contributed by atoms with E-state index in [2.05, 4.69) is 33.3 Å². The van der Waals surface area contributed by atoms with Crippen molar-refractivity contribution in [1.29, 1.82) is 0 Å². The van der Waals surface area contributed by atoms with E-state index in [9.17, 15) is 23.6 Å². The number of ether oxygens (including phenoxy) is 4. The molecule has 16 heteroatoms. The Morgan fingerprint density at radius 2 is 1.83 bits per heavy atom. The van der Waals surface area contributed by atoms with Crippen LogP contribution in [-0.4, -0.2) is 76.1 Å². The molecule has 1 aliphatic rings. The van der Waals surface area contributed by atoms with Crippen LogP contribution in [-0.2, 0) is 49.5 Å². The van der Waals surface area contributed by atoms with Crippen molar-refractivity contribution in [3.63, 3.8) is 0 Å². The fourth-order valence-electron chi connectivity index (χ4n) is 4.27. The van der Waals surface area contributed by atoms with Crippen molar-refractivity contribution in [2.75, 3.05) is 6.61 Å². The van der Waals surface area contributed by atoms with Crippen LogP contribution >= 0.6 is 12.8 Å². The first-order chi connectivity index (χ1) is 19.6. The van der Waals surface area contributed by atoms with Crippen LogP contribution in [0.2, 0.25) is 0 Å². The number of aromatic nitrogens is 3. The second-order valence-electron chi connectivity index (χ2n) is 9.15. The molecule has 5 atom stereocenters. The maximum atomic E-state index is 13.7. The van der Waals surface area contributed by atoms with Crippen molar-refractivity contribution in [1.82, 2.24) is 25.2 Å². The largest absolute Gasteiger partial charge is 0.456 e. The van der Waals surface area contributed by atoms with Gasteiger partial charge in [0.2, 0.25) is 5.91 Å². The number of rotatable bonds is 13. The minimum Gasteiger partial charge on any atom is -0.456 e. The van der Waals surface area contributed by atoms with Gasteiger partial charge in [0.1, 0.15) is 23.7 Å². The van der Waals surface area contributed by atoms with Crippen LogP contribution in [0.4, 0.5) is 4.39 Å². The molecule has 1 aromatic heterocycles. The van der Waals surface area contributed by atoms with Gasteiger partial charge in [0.25, 0.3) is 0 Å². The number of carbonyl (C=O) groups excluding carboxylic acids is 4. The van der Waals surface area contributed by atoms with E-state index in [1.165, 1.54) is 37.6 Å². The van der Waals surface area contributed by atoms with Gasteiger partial charge in [-0.05, 0) is 25.0 Å². The lowest BCUT2D eigenvalue weighted by Crippen LogP contribution is -2.66. The maximum Gasteiger partial charge on any atom is 0.325 e. The van der Waals surface area contributed by atoms with Crippen molar-refractivity contribution in [2.24, 2.45) is 0 Å². The van der Waals surface area contributed by atoms with Crippen molar-refractivity contribution in [3.05, 3.63) is 36.3 Å². The van der Waals surface area contributed by atoms with Crippen LogP contribution in [0.5, 0.6) is 0 Å². The Labute approximate surface area is 240 Å². The number of amides is 1. The van der Waals surface area contributed by atoms with E-state index < -0.39 is 60.3 Å². The molecule has 0 spiro atoms. The number of nitrogens with zero attached hydrogens (tertiary/aromatic N) is 3. The van der Waals surface area contributed by atoms with Gasteiger partial charge < -0.3 is 29.1 Å². The van der Waals surface area contributed by atoms with E-state index in [-0.39, 0.29) is 19.6 Å². The predicted octanol–water partition coefficient (Wildman–Crippen LogP) is 1.26. The first kappa shape index (κ1) is 31.9. The molecule has 3 rings (SSSR count). The molecule has 0 bridgehead atoms. The predicted molar refractivity (Wildman–Crippen MR) is 141 cm³/mol. The summed E-state index contributed by atoms with van der Waals surface area (Å²) in [4.78, 5) is 54.3. The van der Waals surface area contributed by atoms with Crippen LogP contribution in [0.3, 0.4) is 0 Å². The van der Waals surface area contributed by atoms with Crippen LogP contribution < -0.4 is 10.2 Å². The lowest BCUT2D eigenvalue weighted by molar-refractivity contribution is -0.274. The van der Waals surface area contributed by atoms with Gasteiger partial charge in [0.05, 0.1) is 12.7 Å². The van der Waals surface area contributed by atoms with E-state index in [1.54, 1.807) is 18.3 Å². The fraction of sp³-hybridized carbons (Fsp3) is 0.520. The third kappa shape index (κ3) is 9.77. The van der Waals surface area contributed by atoms with Crippen molar-refractivity contribution < 1.29 is 47.4 Å². The number of thiol groups is 1. The highest BCUT2D eigenvalue weighted by Gasteiger charge is 2.51. The van der Waals surface area contributed by atoms with E-state index in [0.29, 0.717) is 24.1 Å². The summed E-state index contributed by atoms with van der Waals surface area (Å²) in [6, 6.07) is 4.77. The second-order valence-corrected chi connectivity index (χ2v) is 9.33. The first-order valence-corrected chi connectivity index (χ1v) is 13.2. The van der Waals surface area contributed by atoms with Gasteiger partial charge in [0.15, 0.2) is 18.5 Å². The van der Waals surface area contributed by atoms with E-state index in [4.69, 9.17) is 18.9 Å². The smallest absolute Gasteiger partial charge is 0.325 e. The quantitative estimate of drug-likeness (QED) is 0.0995. The van der Waals surface area contributed by atoms with Gasteiger partial charge in [0, 0.05) is 39.4 Å². The molecule has 0 saturated carbocycles. The van der Waals surface area contributed by atoms with Gasteiger partial charge in [-0.15, -0.1) is 5.10 Å². The van der Waals surface area contributed by atoms with Gasteiger partial charge in [-0.1, -0.05) is 35.0 Å². The van der Waals surface area contributed by atoms with E-state index >= 15 is 0 Å². The highest BCUT2D eigenvalue weighted by atomic mass is 32.1. The Balaban J connectivity index is 1.84. The average molecular weight is 598 g/mol. The highest BCUT2D eigenvalue weighted by Crippen LogP contribution is 2.29. The Hall–Kier alpha value is -3.60. The molecule has 1 fully saturated rings. The molecule has 0 aliphatic carbocycles. The molecule has 1 saturated heterocycles. The third-order valence-electron chi connectivity index (χ3n) is 5.86. The van der Waals surface area contributed by atoms with Crippen molar-refractivity contribution >= 4 is 36.6 Å². The summed E-state index contributed by atoms with van der Waals surface area (Å²) in [6.07, 6.45) is -1.98. The molecule has 1 aliphatic heterocycles. The number of benzene rings is 1. The molecule has 41 heavy (non-hydrogen) atoms. The molecule has 2 heterocycles. The zero-order valence-electron chi connectivity index (χ0n) is 22.7. The SMILES string of the molecule is CC(=O)N[C@H]1C(OC(C)=O)[C@@H](OC(C)=O)C(Cn2cc(-c3cccc(F)c3)nn2)O[C@H]1OCCCCC(=O)ONS. The van der Waals surface area contributed by atoms with Crippen molar-refractivity contribution in [3.8, 4) is 11.3 Å². The molecule has 1 amide bonds. The highest BCUT2D eigenvalue weighted by molar-refractivity contribution is 7.77. The maximum absolute atomic E-state index is 13.7. The minimum atomic E-state index is -1.19. The molecule has 2 aromatic rings. The third-order valence-corrected chi connectivity index (χ3v) is 5.95. The Kier molecular flexibility index (Phi) is 12.0.